The fourth-order valence-electron chi connectivity index (χ4n) is 1.50. The van der Waals surface area contributed by atoms with E-state index in [9.17, 15) is 4.79 Å². The summed E-state index contributed by atoms with van der Waals surface area (Å²) in [4.78, 5) is 16.5. The van der Waals surface area contributed by atoms with Crippen LogP contribution in [0.4, 0.5) is 10.8 Å². The molecule has 0 saturated carbocycles. The fourth-order valence-corrected chi connectivity index (χ4v) is 2.81. The number of hydrogen-bond donors (Lipinski definition) is 2. The van der Waals surface area contributed by atoms with Gasteiger partial charge < -0.3 is 5.73 Å². The van der Waals surface area contributed by atoms with Gasteiger partial charge >= 0.3 is 0 Å². The van der Waals surface area contributed by atoms with Gasteiger partial charge in [-0.1, -0.05) is 19.9 Å². The van der Waals surface area contributed by atoms with Crippen molar-refractivity contribution < 1.29 is 4.79 Å². The van der Waals surface area contributed by atoms with Gasteiger partial charge in [-0.3, -0.25) is 10.1 Å². The van der Waals surface area contributed by atoms with Crippen LogP contribution in [-0.2, 0) is 0 Å². The molecule has 19 heavy (non-hydrogen) atoms. The molecule has 0 atom stereocenters. The lowest BCUT2D eigenvalue weighted by Gasteiger charge is -2.06. The van der Waals surface area contributed by atoms with Gasteiger partial charge in [-0.15, -0.1) is 11.3 Å². The molecule has 0 fully saturated rings. The maximum atomic E-state index is 12.1. The molecule has 3 N–H and O–H groups in total. The highest BCUT2D eigenvalue weighted by molar-refractivity contribution is 9.10. The summed E-state index contributed by atoms with van der Waals surface area (Å²) in [5.41, 5.74) is 7.77. The molecular formula is C13H14BrN3OS. The second-order valence-electron chi connectivity index (χ2n) is 4.40. The van der Waals surface area contributed by atoms with E-state index in [4.69, 9.17) is 5.73 Å². The average Bonchev–Trinajstić information content (AvgIpc) is 2.81. The van der Waals surface area contributed by atoms with Crippen molar-refractivity contribution in [2.45, 2.75) is 19.8 Å². The Balaban J connectivity index is 2.18. The molecule has 0 aliphatic heterocycles. The molecule has 0 radical (unpaired) electrons. The summed E-state index contributed by atoms with van der Waals surface area (Å²) >= 11 is 4.74. The second kappa shape index (κ2) is 5.71. The summed E-state index contributed by atoms with van der Waals surface area (Å²) in [5.74, 6) is 0.129. The third-order valence-electron chi connectivity index (χ3n) is 2.61. The first-order valence-electron chi connectivity index (χ1n) is 5.79. The van der Waals surface area contributed by atoms with Crippen LogP contribution in [0.15, 0.2) is 28.1 Å². The minimum atomic E-state index is -0.219. The van der Waals surface area contributed by atoms with Crippen LogP contribution in [0, 0.1) is 0 Å². The molecule has 0 spiro atoms. The zero-order valence-electron chi connectivity index (χ0n) is 10.6. The predicted octanol–water partition coefficient (Wildman–Crippen LogP) is 3.86. The molecule has 0 saturated heterocycles. The number of nitrogens with one attached hydrogen (secondary N) is 1. The highest BCUT2D eigenvalue weighted by Gasteiger charge is 2.14. The highest BCUT2D eigenvalue weighted by atomic mass is 79.9. The van der Waals surface area contributed by atoms with Gasteiger partial charge in [0, 0.05) is 11.1 Å². The molecule has 0 bridgehead atoms. The topological polar surface area (TPSA) is 68.0 Å². The van der Waals surface area contributed by atoms with E-state index < -0.39 is 0 Å². The van der Waals surface area contributed by atoms with Gasteiger partial charge in [-0.2, -0.15) is 0 Å². The van der Waals surface area contributed by atoms with Gasteiger partial charge in [0.25, 0.3) is 5.91 Å². The number of halogens is 1. The molecular weight excluding hydrogens is 326 g/mol. The first kappa shape index (κ1) is 14.0. The van der Waals surface area contributed by atoms with E-state index in [0.29, 0.717) is 26.8 Å². The first-order chi connectivity index (χ1) is 8.99. The van der Waals surface area contributed by atoms with E-state index >= 15 is 0 Å². The number of nitrogen functional groups attached to an aromatic ring is 1. The number of carbonyl (C=O) groups is 1. The number of anilines is 2. The molecule has 0 aliphatic carbocycles. The minimum Gasteiger partial charge on any atom is -0.398 e. The standard InChI is InChI=1S/C13H14BrN3OS/c1-7(2)10-6-19-13(16-10)17-12(18)8-4-3-5-9(15)11(8)14/h3-7H,15H2,1-2H3,(H,16,17,18). The zero-order valence-corrected chi connectivity index (χ0v) is 13.0. The van der Waals surface area contributed by atoms with Crippen molar-refractivity contribution in [2.24, 2.45) is 0 Å². The number of aromatic nitrogens is 1. The van der Waals surface area contributed by atoms with Crippen LogP contribution < -0.4 is 11.1 Å². The molecule has 0 unspecified atom stereocenters. The van der Waals surface area contributed by atoms with Crippen LogP contribution in [0.1, 0.15) is 35.8 Å². The Kier molecular flexibility index (Phi) is 4.21. The third-order valence-corrected chi connectivity index (χ3v) is 4.27. The van der Waals surface area contributed by atoms with Gasteiger partial charge in [0.2, 0.25) is 0 Å². The van der Waals surface area contributed by atoms with E-state index in [1.165, 1.54) is 11.3 Å². The Morgan fingerprint density at radius 1 is 1.47 bits per heavy atom. The molecule has 6 heteroatoms. The van der Waals surface area contributed by atoms with Gasteiger partial charge in [0.1, 0.15) is 0 Å². The van der Waals surface area contributed by atoms with E-state index in [1.807, 2.05) is 5.38 Å². The number of nitrogens with zero attached hydrogens (tertiary/aromatic N) is 1. The highest BCUT2D eigenvalue weighted by Crippen LogP contribution is 2.26. The monoisotopic (exact) mass is 339 g/mol. The fraction of sp³-hybridized carbons (Fsp3) is 0.231. The van der Waals surface area contributed by atoms with E-state index in [1.54, 1.807) is 18.2 Å². The van der Waals surface area contributed by atoms with E-state index in [0.717, 1.165) is 5.69 Å². The van der Waals surface area contributed by atoms with Crippen molar-refractivity contribution in [3.05, 3.63) is 39.3 Å². The van der Waals surface area contributed by atoms with E-state index in [-0.39, 0.29) is 5.91 Å². The number of rotatable bonds is 3. The van der Waals surface area contributed by atoms with Gasteiger partial charge in [0.15, 0.2) is 5.13 Å². The Bertz CT molecular complexity index is 610. The lowest BCUT2D eigenvalue weighted by atomic mass is 10.2. The Labute approximate surface area is 124 Å². The number of amides is 1. The number of thiazole rings is 1. The van der Waals surface area contributed by atoms with Crippen molar-refractivity contribution in [3.8, 4) is 0 Å². The summed E-state index contributed by atoms with van der Waals surface area (Å²) in [6.07, 6.45) is 0. The average molecular weight is 340 g/mol. The summed E-state index contributed by atoms with van der Waals surface area (Å²) in [7, 11) is 0. The van der Waals surface area contributed by atoms with Crippen LogP contribution in [0.2, 0.25) is 0 Å². The summed E-state index contributed by atoms with van der Waals surface area (Å²) in [6, 6.07) is 5.20. The lowest BCUT2D eigenvalue weighted by molar-refractivity contribution is 0.102. The first-order valence-corrected chi connectivity index (χ1v) is 7.47. The van der Waals surface area contributed by atoms with Gasteiger partial charge in [-0.05, 0) is 34.0 Å². The van der Waals surface area contributed by atoms with Crippen molar-refractivity contribution in [1.82, 2.24) is 4.98 Å². The molecule has 1 amide bonds. The SMILES string of the molecule is CC(C)c1csc(NC(=O)c2cccc(N)c2Br)n1. The molecule has 1 heterocycles. The number of hydrogen-bond acceptors (Lipinski definition) is 4. The molecule has 0 aliphatic rings. The van der Waals surface area contributed by atoms with Crippen molar-refractivity contribution in [3.63, 3.8) is 0 Å². The lowest BCUT2D eigenvalue weighted by Crippen LogP contribution is -2.13. The van der Waals surface area contributed by atoms with Gasteiger partial charge in [0.05, 0.1) is 15.7 Å². The smallest absolute Gasteiger partial charge is 0.258 e. The van der Waals surface area contributed by atoms with Crippen LogP contribution in [0.25, 0.3) is 0 Å². The van der Waals surface area contributed by atoms with Crippen molar-refractivity contribution in [1.29, 1.82) is 0 Å². The van der Waals surface area contributed by atoms with Crippen molar-refractivity contribution >= 4 is 44.0 Å². The zero-order chi connectivity index (χ0) is 14.0. The van der Waals surface area contributed by atoms with E-state index in [2.05, 4.69) is 40.1 Å². The Hall–Kier alpha value is -1.40. The largest absolute Gasteiger partial charge is 0.398 e. The maximum Gasteiger partial charge on any atom is 0.258 e. The van der Waals surface area contributed by atoms with Crippen molar-refractivity contribution in [2.75, 3.05) is 11.1 Å². The van der Waals surface area contributed by atoms with Gasteiger partial charge in [-0.25, -0.2) is 4.98 Å². The molecule has 100 valence electrons. The Morgan fingerprint density at radius 3 is 2.84 bits per heavy atom. The molecule has 1 aromatic heterocycles. The summed E-state index contributed by atoms with van der Waals surface area (Å²) in [5, 5.41) is 5.34. The van der Waals surface area contributed by atoms with Crippen LogP contribution in [0.5, 0.6) is 0 Å². The second-order valence-corrected chi connectivity index (χ2v) is 6.05. The van der Waals surface area contributed by atoms with Crippen LogP contribution in [0.3, 0.4) is 0 Å². The van der Waals surface area contributed by atoms with Crippen LogP contribution in [-0.4, -0.2) is 10.9 Å². The molecule has 1 aromatic carbocycles. The van der Waals surface area contributed by atoms with Crippen LogP contribution >= 0.6 is 27.3 Å². The summed E-state index contributed by atoms with van der Waals surface area (Å²) in [6.45, 7) is 4.13. The number of benzene rings is 1. The quantitative estimate of drug-likeness (QED) is 0.834. The predicted molar refractivity (Wildman–Crippen MR) is 82.7 cm³/mol. The normalized spacial score (nSPS) is 10.7. The number of nitrogens with two attached hydrogens (primary N) is 1. The summed E-state index contributed by atoms with van der Waals surface area (Å²) < 4.78 is 0.605. The maximum absolute atomic E-state index is 12.1. The number of carbonyl (C=O) groups excluding carboxylic acids is 1. The minimum absolute atomic E-state index is 0.219. The third kappa shape index (κ3) is 3.13. The molecule has 2 rings (SSSR count). The Morgan fingerprint density at radius 2 is 2.21 bits per heavy atom. The molecule has 2 aromatic rings. The molecule has 4 nitrogen and oxygen atoms in total.